The first-order valence-electron chi connectivity index (χ1n) is 6.82. The first-order chi connectivity index (χ1) is 10.4. The molecule has 2 amide bonds. The van der Waals surface area contributed by atoms with Gasteiger partial charge in [0.15, 0.2) is 0 Å². The number of rotatable bonds is 4. The number of nitrogens with one attached hydrogen (secondary N) is 2. The average Bonchev–Trinajstić information content (AvgIpc) is 2.41. The van der Waals surface area contributed by atoms with Crippen molar-refractivity contribution in [2.75, 3.05) is 6.54 Å². The molecule has 0 heterocycles. The van der Waals surface area contributed by atoms with Gasteiger partial charge in [-0.1, -0.05) is 26.8 Å². The SMILES string of the molecule is CC(C)(C)C(=O)NCC(=O)NCc1ccc(F)cc1C(F)(F)F. The minimum Gasteiger partial charge on any atom is -0.350 e. The van der Waals surface area contributed by atoms with Crippen LogP contribution in [0.1, 0.15) is 31.9 Å². The van der Waals surface area contributed by atoms with E-state index in [1.165, 1.54) is 0 Å². The van der Waals surface area contributed by atoms with E-state index in [1.54, 1.807) is 20.8 Å². The standard InChI is InChI=1S/C15H18F4N2O2/c1-14(2,3)13(23)21-8-12(22)20-7-9-4-5-10(16)6-11(9)15(17,18)19/h4-6H,7-8H2,1-3H3,(H,20,22)(H,21,23). The largest absolute Gasteiger partial charge is 0.416 e. The number of carbonyl (C=O) groups excluding carboxylic acids is 2. The quantitative estimate of drug-likeness (QED) is 0.832. The predicted octanol–water partition coefficient (Wildman–Crippen LogP) is 2.62. The number of alkyl halides is 3. The summed E-state index contributed by atoms with van der Waals surface area (Å²) in [4.78, 5) is 23.2. The molecule has 0 atom stereocenters. The van der Waals surface area contributed by atoms with E-state index in [9.17, 15) is 27.2 Å². The van der Waals surface area contributed by atoms with Crippen molar-refractivity contribution in [1.82, 2.24) is 10.6 Å². The Hall–Kier alpha value is -2.12. The Bertz CT molecular complexity index is 592. The van der Waals surface area contributed by atoms with Crippen molar-refractivity contribution in [1.29, 1.82) is 0 Å². The van der Waals surface area contributed by atoms with Gasteiger partial charge in [0.2, 0.25) is 11.8 Å². The summed E-state index contributed by atoms with van der Waals surface area (Å²) in [7, 11) is 0. The molecule has 128 valence electrons. The Morgan fingerprint density at radius 2 is 1.70 bits per heavy atom. The summed E-state index contributed by atoms with van der Waals surface area (Å²) in [5, 5.41) is 4.64. The van der Waals surface area contributed by atoms with Crippen molar-refractivity contribution in [2.24, 2.45) is 5.41 Å². The van der Waals surface area contributed by atoms with Crippen LogP contribution in [0.3, 0.4) is 0 Å². The lowest BCUT2D eigenvalue weighted by atomic mass is 9.96. The topological polar surface area (TPSA) is 58.2 Å². The zero-order valence-electron chi connectivity index (χ0n) is 13.0. The van der Waals surface area contributed by atoms with Gasteiger partial charge in [-0.2, -0.15) is 13.2 Å². The van der Waals surface area contributed by atoms with Gasteiger partial charge >= 0.3 is 6.18 Å². The van der Waals surface area contributed by atoms with Gasteiger partial charge in [-0.25, -0.2) is 4.39 Å². The summed E-state index contributed by atoms with van der Waals surface area (Å²) in [6, 6.07) is 2.23. The Balaban J connectivity index is 2.65. The molecule has 23 heavy (non-hydrogen) atoms. The number of halogens is 4. The van der Waals surface area contributed by atoms with E-state index in [4.69, 9.17) is 0 Å². The molecule has 0 aliphatic heterocycles. The smallest absolute Gasteiger partial charge is 0.350 e. The van der Waals surface area contributed by atoms with E-state index in [-0.39, 0.29) is 18.0 Å². The van der Waals surface area contributed by atoms with Crippen LogP contribution in [0.2, 0.25) is 0 Å². The molecule has 1 aromatic carbocycles. The molecule has 2 N–H and O–H groups in total. The maximum Gasteiger partial charge on any atom is 0.416 e. The second-order valence-corrected chi connectivity index (χ2v) is 6.01. The highest BCUT2D eigenvalue weighted by Gasteiger charge is 2.33. The van der Waals surface area contributed by atoms with Crippen molar-refractivity contribution in [3.8, 4) is 0 Å². The van der Waals surface area contributed by atoms with E-state index < -0.39 is 35.4 Å². The summed E-state index contributed by atoms with van der Waals surface area (Å²) in [6.45, 7) is 4.22. The van der Waals surface area contributed by atoms with Gasteiger partial charge in [0.25, 0.3) is 0 Å². The predicted molar refractivity (Wildman–Crippen MR) is 75.7 cm³/mol. The fraction of sp³-hybridized carbons (Fsp3) is 0.467. The molecule has 8 heteroatoms. The molecule has 0 saturated heterocycles. The normalized spacial score (nSPS) is 12.0. The van der Waals surface area contributed by atoms with Gasteiger partial charge in [-0.3, -0.25) is 9.59 Å². The summed E-state index contributed by atoms with van der Waals surface area (Å²) >= 11 is 0. The van der Waals surface area contributed by atoms with E-state index in [0.717, 1.165) is 12.1 Å². The summed E-state index contributed by atoms with van der Waals surface area (Å²) in [5.41, 5.74) is -2.08. The molecular formula is C15H18F4N2O2. The van der Waals surface area contributed by atoms with Crippen LogP contribution in [0.4, 0.5) is 17.6 Å². The Morgan fingerprint density at radius 1 is 1.09 bits per heavy atom. The second kappa shape index (κ2) is 6.97. The lowest BCUT2D eigenvalue weighted by Gasteiger charge is -2.17. The highest BCUT2D eigenvalue weighted by molar-refractivity contribution is 5.87. The third kappa shape index (κ3) is 5.88. The van der Waals surface area contributed by atoms with Crippen LogP contribution >= 0.6 is 0 Å². The minimum atomic E-state index is -4.72. The monoisotopic (exact) mass is 334 g/mol. The van der Waals surface area contributed by atoms with Crippen LogP contribution in [0.5, 0.6) is 0 Å². The van der Waals surface area contributed by atoms with E-state index in [0.29, 0.717) is 6.07 Å². The van der Waals surface area contributed by atoms with Gasteiger partial charge in [-0.15, -0.1) is 0 Å². The lowest BCUT2D eigenvalue weighted by molar-refractivity contribution is -0.138. The molecule has 1 rings (SSSR count). The molecule has 4 nitrogen and oxygen atoms in total. The zero-order valence-corrected chi connectivity index (χ0v) is 13.0. The van der Waals surface area contributed by atoms with Gasteiger partial charge in [0, 0.05) is 12.0 Å². The van der Waals surface area contributed by atoms with E-state index in [1.807, 2.05) is 0 Å². The molecule has 0 spiro atoms. The Labute approximate surface area is 131 Å². The Kier molecular flexibility index (Phi) is 5.74. The molecule has 0 saturated carbocycles. The first-order valence-corrected chi connectivity index (χ1v) is 6.82. The second-order valence-electron chi connectivity index (χ2n) is 6.01. The summed E-state index contributed by atoms with van der Waals surface area (Å²) < 4.78 is 51.4. The van der Waals surface area contributed by atoms with Crippen LogP contribution in [-0.4, -0.2) is 18.4 Å². The number of hydrogen-bond donors (Lipinski definition) is 2. The number of amides is 2. The highest BCUT2D eigenvalue weighted by atomic mass is 19.4. The van der Waals surface area contributed by atoms with Crippen molar-refractivity contribution >= 4 is 11.8 Å². The lowest BCUT2D eigenvalue weighted by Crippen LogP contribution is -2.41. The van der Waals surface area contributed by atoms with Crippen LogP contribution in [0.15, 0.2) is 18.2 Å². The van der Waals surface area contributed by atoms with Gasteiger partial charge in [0.05, 0.1) is 12.1 Å². The van der Waals surface area contributed by atoms with Crippen LogP contribution < -0.4 is 10.6 Å². The van der Waals surface area contributed by atoms with E-state index in [2.05, 4.69) is 10.6 Å². The van der Waals surface area contributed by atoms with Gasteiger partial charge in [-0.05, 0) is 17.7 Å². The fourth-order valence-electron chi connectivity index (χ4n) is 1.65. The van der Waals surface area contributed by atoms with Gasteiger partial charge < -0.3 is 10.6 Å². The Morgan fingerprint density at radius 3 is 2.22 bits per heavy atom. The number of carbonyl (C=O) groups is 2. The first kappa shape index (κ1) is 18.9. The fourth-order valence-corrected chi connectivity index (χ4v) is 1.65. The molecule has 0 aliphatic carbocycles. The van der Waals surface area contributed by atoms with Crippen molar-refractivity contribution in [3.63, 3.8) is 0 Å². The average molecular weight is 334 g/mol. The maximum atomic E-state index is 13.0. The summed E-state index contributed by atoms with van der Waals surface area (Å²) in [6.07, 6.45) is -4.72. The molecule has 0 bridgehead atoms. The van der Waals surface area contributed by atoms with Crippen molar-refractivity contribution in [3.05, 3.63) is 35.1 Å². The molecule has 1 aromatic rings. The molecule has 0 fully saturated rings. The third-order valence-corrected chi connectivity index (χ3v) is 2.94. The van der Waals surface area contributed by atoms with Gasteiger partial charge in [0.1, 0.15) is 5.82 Å². The van der Waals surface area contributed by atoms with Crippen LogP contribution in [0, 0.1) is 11.2 Å². The molecule has 0 radical (unpaired) electrons. The zero-order chi connectivity index (χ0) is 17.8. The molecule has 0 unspecified atom stereocenters. The van der Waals surface area contributed by atoms with Crippen LogP contribution in [-0.2, 0) is 22.3 Å². The van der Waals surface area contributed by atoms with Crippen molar-refractivity contribution < 1.29 is 27.2 Å². The number of hydrogen-bond acceptors (Lipinski definition) is 2. The third-order valence-electron chi connectivity index (χ3n) is 2.94. The van der Waals surface area contributed by atoms with Crippen molar-refractivity contribution in [2.45, 2.75) is 33.5 Å². The molecular weight excluding hydrogens is 316 g/mol. The molecule has 0 aliphatic rings. The molecule has 0 aromatic heterocycles. The van der Waals surface area contributed by atoms with E-state index >= 15 is 0 Å². The number of benzene rings is 1. The highest BCUT2D eigenvalue weighted by Crippen LogP contribution is 2.32. The summed E-state index contributed by atoms with van der Waals surface area (Å²) in [5.74, 6) is -2.00. The minimum absolute atomic E-state index is 0.255. The van der Waals surface area contributed by atoms with Crippen LogP contribution in [0.25, 0.3) is 0 Å². The maximum absolute atomic E-state index is 13.0.